The van der Waals surface area contributed by atoms with Crippen molar-refractivity contribution in [2.45, 2.75) is 50.2 Å². The zero-order valence-corrected chi connectivity index (χ0v) is 12.2. The largest absolute Gasteiger partial charge is 0.469 e. The lowest BCUT2D eigenvalue weighted by Crippen LogP contribution is -2.68. The number of ether oxygens (including phenoxy) is 1. The molecule has 1 heterocycles. The van der Waals surface area contributed by atoms with E-state index in [9.17, 15) is 14.4 Å². The second-order valence-corrected chi connectivity index (χ2v) is 5.46. The highest BCUT2D eigenvalue weighted by molar-refractivity contribution is 6.27. The van der Waals surface area contributed by atoms with E-state index in [0.717, 1.165) is 25.7 Å². The van der Waals surface area contributed by atoms with Gasteiger partial charge in [-0.1, -0.05) is 12.8 Å². The predicted molar refractivity (Wildman–Crippen MR) is 72.2 cm³/mol. The number of nitrogens with one attached hydrogen (secondary N) is 1. The normalized spacial score (nSPS) is 29.4. The number of carbonyl (C=O) groups is 3. The number of carbonyl (C=O) groups excluding carboxylic acids is 3. The molecule has 1 aliphatic carbocycles. The Labute approximate surface area is 122 Å². The van der Waals surface area contributed by atoms with Crippen molar-refractivity contribution in [3.05, 3.63) is 0 Å². The first-order chi connectivity index (χ1) is 9.58. The third-order valence-electron chi connectivity index (χ3n) is 4.04. The van der Waals surface area contributed by atoms with E-state index in [1.807, 2.05) is 0 Å². The third-order valence-corrected chi connectivity index (χ3v) is 4.27. The van der Waals surface area contributed by atoms with E-state index in [4.69, 9.17) is 11.6 Å². The minimum Gasteiger partial charge on any atom is -0.469 e. The molecular formula is C13H19ClN2O4. The van der Waals surface area contributed by atoms with Crippen molar-refractivity contribution in [2.24, 2.45) is 0 Å². The summed E-state index contributed by atoms with van der Waals surface area (Å²) in [7, 11) is 1.26. The molecule has 0 aromatic rings. The Morgan fingerprint density at radius 1 is 1.40 bits per heavy atom. The average Bonchev–Trinajstić information content (AvgIpc) is 2.47. The molecule has 2 aliphatic rings. The van der Waals surface area contributed by atoms with Crippen LogP contribution in [0.4, 0.5) is 0 Å². The number of fused-ring (bicyclic) bond motifs is 1. The van der Waals surface area contributed by atoms with Crippen LogP contribution in [0.5, 0.6) is 0 Å². The van der Waals surface area contributed by atoms with E-state index in [1.54, 1.807) is 0 Å². The third kappa shape index (κ3) is 2.90. The minimum atomic E-state index is -0.812. The highest BCUT2D eigenvalue weighted by atomic mass is 35.5. The van der Waals surface area contributed by atoms with Gasteiger partial charge >= 0.3 is 5.97 Å². The standard InChI is InChI=1S/C13H19ClN2O4/c1-20-12(18)6-10-13(19)15-8-4-2-3-5-9(8)16(10)11(17)7-14/h8-10H,2-7H2,1H3,(H,15,19)/t8-,9-,10-/m0/s1. The van der Waals surface area contributed by atoms with Gasteiger partial charge in [-0.3, -0.25) is 14.4 Å². The summed E-state index contributed by atoms with van der Waals surface area (Å²) in [4.78, 5) is 37.3. The molecule has 2 fully saturated rings. The van der Waals surface area contributed by atoms with Crippen LogP contribution in [0.1, 0.15) is 32.1 Å². The summed E-state index contributed by atoms with van der Waals surface area (Å²) in [5.41, 5.74) is 0. The molecule has 3 atom stereocenters. The number of alkyl halides is 1. The number of nitrogens with zero attached hydrogens (tertiary/aromatic N) is 1. The maximum atomic E-state index is 12.2. The summed E-state index contributed by atoms with van der Waals surface area (Å²) < 4.78 is 4.61. The molecule has 112 valence electrons. The molecule has 0 spiro atoms. The molecule has 0 bridgehead atoms. The van der Waals surface area contributed by atoms with Crippen molar-refractivity contribution in [2.75, 3.05) is 13.0 Å². The lowest BCUT2D eigenvalue weighted by Gasteiger charge is -2.47. The SMILES string of the molecule is COC(=O)C[C@H]1C(=O)N[C@H]2CCCC[C@@H]2N1C(=O)CCl. The monoisotopic (exact) mass is 302 g/mol. The van der Waals surface area contributed by atoms with Crippen LogP contribution in [0, 0.1) is 0 Å². The number of halogens is 1. The Bertz CT molecular complexity index is 415. The molecule has 1 saturated heterocycles. The van der Waals surface area contributed by atoms with Crippen molar-refractivity contribution in [1.29, 1.82) is 0 Å². The first kappa shape index (κ1) is 15.1. The van der Waals surface area contributed by atoms with Crippen molar-refractivity contribution in [1.82, 2.24) is 10.2 Å². The zero-order chi connectivity index (χ0) is 14.7. The van der Waals surface area contributed by atoms with Crippen molar-refractivity contribution in [3.63, 3.8) is 0 Å². The summed E-state index contributed by atoms with van der Waals surface area (Å²) in [6.45, 7) is 0. The van der Waals surface area contributed by atoms with Crippen LogP contribution < -0.4 is 5.32 Å². The van der Waals surface area contributed by atoms with Crippen molar-refractivity contribution >= 4 is 29.4 Å². The van der Waals surface area contributed by atoms with Gasteiger partial charge in [0.2, 0.25) is 11.8 Å². The van der Waals surface area contributed by atoms with Crippen LogP contribution in [-0.2, 0) is 19.1 Å². The molecule has 1 saturated carbocycles. The number of esters is 1. The van der Waals surface area contributed by atoms with Crippen LogP contribution in [0.25, 0.3) is 0 Å². The van der Waals surface area contributed by atoms with E-state index in [2.05, 4.69) is 10.1 Å². The van der Waals surface area contributed by atoms with Gasteiger partial charge < -0.3 is 15.0 Å². The van der Waals surface area contributed by atoms with Crippen molar-refractivity contribution in [3.8, 4) is 0 Å². The Morgan fingerprint density at radius 3 is 2.75 bits per heavy atom. The summed E-state index contributed by atoms with van der Waals surface area (Å²) in [5, 5.41) is 2.92. The maximum Gasteiger partial charge on any atom is 0.308 e. The van der Waals surface area contributed by atoms with E-state index in [-0.39, 0.29) is 36.2 Å². The molecule has 1 aliphatic heterocycles. The molecule has 2 amide bonds. The topological polar surface area (TPSA) is 75.7 Å². The zero-order valence-electron chi connectivity index (χ0n) is 11.4. The van der Waals surface area contributed by atoms with E-state index in [0.29, 0.717) is 0 Å². The maximum absolute atomic E-state index is 12.2. The Balaban J connectivity index is 2.24. The van der Waals surface area contributed by atoms with Gasteiger partial charge in [0, 0.05) is 6.04 Å². The molecule has 2 rings (SSSR count). The van der Waals surface area contributed by atoms with Gasteiger partial charge in [-0.2, -0.15) is 0 Å². The van der Waals surface area contributed by atoms with Crippen molar-refractivity contribution < 1.29 is 19.1 Å². The Morgan fingerprint density at radius 2 is 2.10 bits per heavy atom. The lowest BCUT2D eigenvalue weighted by atomic mass is 9.85. The molecule has 7 heteroatoms. The first-order valence-electron chi connectivity index (χ1n) is 6.82. The van der Waals surface area contributed by atoms with E-state index in [1.165, 1.54) is 12.0 Å². The van der Waals surface area contributed by atoms with Gasteiger partial charge in [0.25, 0.3) is 0 Å². The molecule has 0 radical (unpaired) electrons. The second-order valence-electron chi connectivity index (χ2n) is 5.20. The number of hydrogen-bond acceptors (Lipinski definition) is 4. The second kappa shape index (κ2) is 6.43. The van der Waals surface area contributed by atoms with Gasteiger partial charge in [-0.15, -0.1) is 11.6 Å². The van der Waals surface area contributed by atoms with Gasteiger partial charge in [0.1, 0.15) is 11.9 Å². The Hall–Kier alpha value is -1.30. The number of methoxy groups -OCH3 is 1. The van der Waals surface area contributed by atoms with Gasteiger partial charge in [-0.05, 0) is 12.8 Å². The van der Waals surface area contributed by atoms with Crippen LogP contribution in [-0.4, -0.2) is 53.8 Å². The van der Waals surface area contributed by atoms with Gasteiger partial charge in [-0.25, -0.2) is 0 Å². The molecule has 0 aromatic carbocycles. The molecule has 6 nitrogen and oxygen atoms in total. The molecule has 20 heavy (non-hydrogen) atoms. The highest BCUT2D eigenvalue weighted by Crippen LogP contribution is 2.29. The fraction of sp³-hybridized carbons (Fsp3) is 0.769. The van der Waals surface area contributed by atoms with E-state index < -0.39 is 12.0 Å². The Kier molecular flexibility index (Phi) is 4.86. The number of hydrogen-bond donors (Lipinski definition) is 1. The molecule has 1 N–H and O–H groups in total. The number of amides is 2. The molecule has 0 unspecified atom stereocenters. The predicted octanol–water partition coefficient (Wildman–Crippen LogP) is 0.426. The highest BCUT2D eigenvalue weighted by Gasteiger charge is 2.45. The summed E-state index contributed by atoms with van der Waals surface area (Å²) >= 11 is 5.66. The van der Waals surface area contributed by atoms with Crippen LogP contribution in [0.2, 0.25) is 0 Å². The van der Waals surface area contributed by atoms with Crippen LogP contribution >= 0.6 is 11.6 Å². The van der Waals surface area contributed by atoms with Gasteiger partial charge in [0.05, 0.1) is 19.6 Å². The minimum absolute atomic E-state index is 0.0303. The molecular weight excluding hydrogens is 284 g/mol. The lowest BCUT2D eigenvalue weighted by molar-refractivity contribution is -0.154. The average molecular weight is 303 g/mol. The summed E-state index contributed by atoms with van der Waals surface area (Å²) in [5.74, 6) is -1.29. The smallest absolute Gasteiger partial charge is 0.308 e. The summed E-state index contributed by atoms with van der Waals surface area (Å²) in [6, 6.07) is -0.910. The number of rotatable bonds is 3. The van der Waals surface area contributed by atoms with Crippen LogP contribution in [0.3, 0.4) is 0 Å². The quantitative estimate of drug-likeness (QED) is 0.606. The fourth-order valence-electron chi connectivity index (χ4n) is 3.11. The fourth-order valence-corrected chi connectivity index (χ4v) is 3.25. The summed E-state index contributed by atoms with van der Waals surface area (Å²) in [6.07, 6.45) is 3.59. The van der Waals surface area contributed by atoms with Crippen LogP contribution in [0.15, 0.2) is 0 Å². The molecule has 0 aromatic heterocycles. The van der Waals surface area contributed by atoms with Gasteiger partial charge in [0.15, 0.2) is 0 Å². The first-order valence-corrected chi connectivity index (χ1v) is 7.36. The van der Waals surface area contributed by atoms with E-state index >= 15 is 0 Å². The number of piperazine rings is 1.